The van der Waals surface area contributed by atoms with Gasteiger partial charge in [0.15, 0.2) is 0 Å². The molecule has 0 spiro atoms. The first-order chi connectivity index (χ1) is 9.61. The molecule has 0 bridgehead atoms. The molecule has 110 valence electrons. The molecule has 4 N–H and O–H groups in total. The molecule has 0 saturated carbocycles. The van der Waals surface area contributed by atoms with Gasteiger partial charge in [0.2, 0.25) is 5.91 Å². The quantitative estimate of drug-likeness (QED) is 0.637. The Morgan fingerprint density at radius 3 is 2.70 bits per heavy atom. The fourth-order valence-electron chi connectivity index (χ4n) is 2.18. The van der Waals surface area contributed by atoms with Gasteiger partial charge < -0.3 is 10.1 Å². The Morgan fingerprint density at radius 1 is 1.45 bits per heavy atom. The molecule has 1 aliphatic rings. The Hall–Kier alpha value is -1.18. The largest absolute Gasteiger partial charge is 0.375 e. The van der Waals surface area contributed by atoms with E-state index < -0.39 is 0 Å². The van der Waals surface area contributed by atoms with Crippen LogP contribution in [0.3, 0.4) is 0 Å². The van der Waals surface area contributed by atoms with Crippen LogP contribution in [-0.4, -0.2) is 31.6 Å². The average Bonchev–Trinajstić information content (AvgIpc) is 2.96. The fraction of sp³-hybridized carbons (Fsp3) is 0.462. The number of halogens is 1. The summed E-state index contributed by atoms with van der Waals surface area (Å²) in [5.74, 6) is -0.0778. The lowest BCUT2D eigenvalue weighted by Gasteiger charge is -2.25. The lowest BCUT2D eigenvalue weighted by molar-refractivity contribution is -0.124. The van der Waals surface area contributed by atoms with E-state index in [4.69, 9.17) is 16.3 Å². The van der Waals surface area contributed by atoms with Gasteiger partial charge in [0.25, 0.3) is 0 Å². The van der Waals surface area contributed by atoms with Crippen LogP contribution in [0.4, 0.5) is 0 Å². The second-order valence-corrected chi connectivity index (χ2v) is 5.14. The number of carbonyl (C=O) groups excluding carboxylic acids is 1. The molecule has 1 aromatic carbocycles. The van der Waals surface area contributed by atoms with Crippen molar-refractivity contribution in [1.82, 2.24) is 21.7 Å². The van der Waals surface area contributed by atoms with Gasteiger partial charge in [-0.25, -0.2) is 10.9 Å². The maximum atomic E-state index is 12.0. The maximum absolute atomic E-state index is 12.0. The Bertz CT molecular complexity index is 448. The lowest BCUT2D eigenvalue weighted by Crippen LogP contribution is -2.48. The van der Waals surface area contributed by atoms with Crippen LogP contribution in [0.15, 0.2) is 24.3 Å². The Morgan fingerprint density at radius 2 is 2.15 bits per heavy atom. The van der Waals surface area contributed by atoms with Crippen LogP contribution in [-0.2, 0) is 9.53 Å². The molecule has 2 rings (SSSR count). The summed E-state index contributed by atoms with van der Waals surface area (Å²) in [7, 11) is 1.62. The summed E-state index contributed by atoms with van der Waals surface area (Å²) in [6.45, 7) is 2.45. The van der Waals surface area contributed by atoms with Gasteiger partial charge in [-0.1, -0.05) is 23.7 Å². The molecule has 0 aromatic heterocycles. The summed E-state index contributed by atoms with van der Waals surface area (Å²) in [5, 5.41) is 3.62. The number of rotatable bonds is 5. The van der Waals surface area contributed by atoms with E-state index in [2.05, 4.69) is 21.7 Å². The number of hydrogen-bond donors (Lipinski definition) is 4. The molecule has 1 saturated heterocycles. The van der Waals surface area contributed by atoms with Crippen LogP contribution in [0.2, 0.25) is 5.02 Å². The van der Waals surface area contributed by atoms with Crippen LogP contribution in [0.5, 0.6) is 0 Å². The highest BCUT2D eigenvalue weighted by molar-refractivity contribution is 6.30. The van der Waals surface area contributed by atoms with E-state index in [1.165, 1.54) is 0 Å². The van der Waals surface area contributed by atoms with E-state index in [0.717, 1.165) is 5.56 Å². The number of hydrogen-bond acceptors (Lipinski definition) is 5. The summed E-state index contributed by atoms with van der Waals surface area (Å²) < 4.78 is 5.49. The zero-order valence-electron chi connectivity index (χ0n) is 11.4. The van der Waals surface area contributed by atoms with Crippen molar-refractivity contribution in [2.24, 2.45) is 0 Å². The van der Waals surface area contributed by atoms with E-state index in [9.17, 15) is 4.79 Å². The van der Waals surface area contributed by atoms with Gasteiger partial charge in [-0.3, -0.25) is 4.79 Å². The molecule has 1 heterocycles. The highest BCUT2D eigenvalue weighted by Gasteiger charge is 2.26. The number of benzene rings is 1. The third-order valence-electron chi connectivity index (χ3n) is 3.23. The molecule has 1 aromatic rings. The molecule has 3 unspecified atom stereocenters. The second kappa shape index (κ2) is 7.01. The zero-order valence-corrected chi connectivity index (χ0v) is 12.2. The molecule has 1 fully saturated rings. The molecule has 1 aliphatic heterocycles. The number of ether oxygens (including phenoxy) is 1. The summed E-state index contributed by atoms with van der Waals surface area (Å²) >= 11 is 5.88. The summed E-state index contributed by atoms with van der Waals surface area (Å²) in [6.07, 6.45) is -0.224. The van der Waals surface area contributed by atoms with Crippen molar-refractivity contribution in [3.8, 4) is 0 Å². The molecule has 6 nitrogen and oxygen atoms in total. The van der Waals surface area contributed by atoms with E-state index in [1.807, 2.05) is 31.2 Å². The minimum atomic E-state index is -0.292. The third-order valence-corrected chi connectivity index (χ3v) is 3.49. The van der Waals surface area contributed by atoms with Crippen molar-refractivity contribution < 1.29 is 9.53 Å². The van der Waals surface area contributed by atoms with Crippen molar-refractivity contribution in [2.75, 3.05) is 13.7 Å². The van der Waals surface area contributed by atoms with Crippen LogP contribution in [0.25, 0.3) is 0 Å². The molecular formula is C13H19ClN4O2. The number of carbonyl (C=O) groups is 1. The van der Waals surface area contributed by atoms with Gasteiger partial charge in [-0.05, 0) is 24.6 Å². The monoisotopic (exact) mass is 298 g/mol. The van der Waals surface area contributed by atoms with Gasteiger partial charge in [-0.2, -0.15) is 5.53 Å². The normalized spacial score (nSPS) is 21.4. The molecule has 3 atom stereocenters. The molecule has 20 heavy (non-hydrogen) atoms. The van der Waals surface area contributed by atoms with E-state index in [-0.39, 0.29) is 24.1 Å². The number of amides is 1. The molecular weight excluding hydrogens is 280 g/mol. The number of hydrazine groups is 2. The predicted molar refractivity (Wildman–Crippen MR) is 76.9 cm³/mol. The smallest absolute Gasteiger partial charge is 0.240 e. The SMILES string of the molecule is COC(c1ccc(Cl)cc1)C(C)NC(=O)C1CNNN1. The average molecular weight is 299 g/mol. The van der Waals surface area contributed by atoms with Crippen LogP contribution < -0.4 is 21.7 Å². The van der Waals surface area contributed by atoms with Crippen LogP contribution >= 0.6 is 11.6 Å². The lowest BCUT2D eigenvalue weighted by atomic mass is 10.0. The van der Waals surface area contributed by atoms with Crippen molar-refractivity contribution in [2.45, 2.75) is 25.1 Å². The highest BCUT2D eigenvalue weighted by Crippen LogP contribution is 2.22. The van der Waals surface area contributed by atoms with Crippen molar-refractivity contribution in [3.63, 3.8) is 0 Å². The van der Waals surface area contributed by atoms with E-state index >= 15 is 0 Å². The minimum Gasteiger partial charge on any atom is -0.375 e. The number of nitrogens with one attached hydrogen (secondary N) is 4. The molecule has 7 heteroatoms. The van der Waals surface area contributed by atoms with Gasteiger partial charge in [0, 0.05) is 18.7 Å². The second-order valence-electron chi connectivity index (χ2n) is 4.71. The standard InChI is InChI=1S/C13H19ClN4O2/c1-8(16-13(19)11-7-15-18-17-11)12(20-2)9-3-5-10(14)6-4-9/h3-6,8,11-12,15,17-18H,7H2,1-2H3,(H,16,19). The fourth-order valence-corrected chi connectivity index (χ4v) is 2.31. The van der Waals surface area contributed by atoms with E-state index in [0.29, 0.717) is 11.6 Å². The predicted octanol–water partition coefficient (Wildman–Crippen LogP) is 0.513. The molecule has 1 amide bonds. The Labute approximate surface area is 123 Å². The topological polar surface area (TPSA) is 74.4 Å². The highest BCUT2D eigenvalue weighted by atomic mass is 35.5. The summed E-state index contributed by atoms with van der Waals surface area (Å²) in [5.41, 5.74) is 9.35. The summed E-state index contributed by atoms with van der Waals surface area (Å²) in [6, 6.07) is 6.97. The van der Waals surface area contributed by atoms with Crippen LogP contribution in [0.1, 0.15) is 18.6 Å². The van der Waals surface area contributed by atoms with Gasteiger partial charge in [0.05, 0.1) is 6.04 Å². The van der Waals surface area contributed by atoms with E-state index in [1.54, 1.807) is 7.11 Å². The first-order valence-corrected chi connectivity index (χ1v) is 6.81. The molecule has 0 radical (unpaired) electrons. The van der Waals surface area contributed by atoms with Crippen LogP contribution in [0, 0.1) is 0 Å². The van der Waals surface area contributed by atoms with Gasteiger partial charge in [0.1, 0.15) is 12.1 Å². The van der Waals surface area contributed by atoms with Crippen molar-refractivity contribution in [1.29, 1.82) is 0 Å². The maximum Gasteiger partial charge on any atom is 0.240 e. The van der Waals surface area contributed by atoms with Crippen molar-refractivity contribution in [3.05, 3.63) is 34.9 Å². The van der Waals surface area contributed by atoms with Crippen molar-refractivity contribution >= 4 is 17.5 Å². The van der Waals surface area contributed by atoms with Gasteiger partial charge in [-0.15, -0.1) is 0 Å². The zero-order chi connectivity index (χ0) is 14.5. The summed E-state index contributed by atoms with van der Waals surface area (Å²) in [4.78, 5) is 12.0. The minimum absolute atomic E-state index is 0.0778. The first kappa shape index (κ1) is 15.2. The first-order valence-electron chi connectivity index (χ1n) is 6.44. The third kappa shape index (κ3) is 3.68. The van der Waals surface area contributed by atoms with Gasteiger partial charge >= 0.3 is 0 Å². The number of methoxy groups -OCH3 is 1. The Balaban J connectivity index is 1.99. The molecule has 0 aliphatic carbocycles. The Kier molecular flexibility index (Phi) is 5.33.